The fourth-order valence-electron chi connectivity index (χ4n) is 2.74. The lowest BCUT2D eigenvalue weighted by Crippen LogP contribution is -2.45. The van der Waals surface area contributed by atoms with Crippen molar-refractivity contribution in [2.24, 2.45) is 0 Å². The van der Waals surface area contributed by atoms with Gasteiger partial charge in [-0.3, -0.25) is 4.79 Å². The van der Waals surface area contributed by atoms with Crippen molar-refractivity contribution in [3.05, 3.63) is 18.2 Å². The number of fused-ring (bicyclic) bond motifs is 1. The molecule has 0 unspecified atom stereocenters. The molecule has 1 fully saturated rings. The van der Waals surface area contributed by atoms with Crippen molar-refractivity contribution in [1.82, 2.24) is 10.6 Å². The molecule has 1 saturated heterocycles. The second-order valence-electron chi connectivity index (χ2n) is 6.01. The number of hydrogen-bond acceptors (Lipinski definition) is 4. The lowest BCUT2D eigenvalue weighted by molar-refractivity contribution is -0.117. The summed E-state index contributed by atoms with van der Waals surface area (Å²) in [6, 6.07) is 5.06. The molecule has 7 nitrogen and oxygen atoms in total. The van der Waals surface area contributed by atoms with Crippen LogP contribution in [-0.2, 0) is 4.79 Å². The van der Waals surface area contributed by atoms with E-state index in [2.05, 4.69) is 10.6 Å². The monoisotopic (exact) mass is 319 g/mol. The van der Waals surface area contributed by atoms with Crippen molar-refractivity contribution >= 4 is 17.6 Å². The van der Waals surface area contributed by atoms with Gasteiger partial charge in [-0.2, -0.15) is 0 Å². The topological polar surface area (TPSA) is 79.9 Å². The molecule has 2 N–H and O–H groups in total. The Kier molecular flexibility index (Phi) is 4.27. The van der Waals surface area contributed by atoms with Gasteiger partial charge in [0.15, 0.2) is 11.5 Å². The lowest BCUT2D eigenvalue weighted by atomic mass is 10.2. The van der Waals surface area contributed by atoms with E-state index in [0.717, 1.165) is 5.69 Å². The molecule has 3 amide bonds. The Morgan fingerprint density at radius 3 is 2.74 bits per heavy atom. The Morgan fingerprint density at radius 2 is 2.00 bits per heavy atom. The second-order valence-corrected chi connectivity index (χ2v) is 6.01. The Hall–Kier alpha value is -2.44. The summed E-state index contributed by atoms with van der Waals surface area (Å²) in [6.07, 6.45) is 0.292. The Bertz CT molecular complexity index is 617. The average Bonchev–Trinajstić information content (AvgIpc) is 2.86. The van der Waals surface area contributed by atoms with Crippen molar-refractivity contribution in [3.63, 3.8) is 0 Å². The van der Waals surface area contributed by atoms with Crippen LogP contribution in [0.25, 0.3) is 0 Å². The molecule has 0 bridgehead atoms. The third-order valence-corrected chi connectivity index (χ3v) is 3.72. The van der Waals surface area contributed by atoms with E-state index in [1.807, 2.05) is 32.0 Å². The van der Waals surface area contributed by atoms with Crippen LogP contribution in [0, 0.1) is 0 Å². The van der Waals surface area contributed by atoms with Crippen LogP contribution in [0.3, 0.4) is 0 Å². The highest BCUT2D eigenvalue weighted by molar-refractivity contribution is 5.97. The molecule has 0 aromatic heterocycles. The Morgan fingerprint density at radius 1 is 1.26 bits per heavy atom. The molecule has 0 saturated carbocycles. The van der Waals surface area contributed by atoms with Crippen molar-refractivity contribution in [2.45, 2.75) is 32.4 Å². The zero-order valence-electron chi connectivity index (χ0n) is 13.3. The average molecular weight is 319 g/mol. The van der Waals surface area contributed by atoms with Crippen LogP contribution in [-0.4, -0.2) is 43.8 Å². The number of nitrogens with zero attached hydrogens (tertiary/aromatic N) is 1. The van der Waals surface area contributed by atoms with Crippen molar-refractivity contribution in [1.29, 1.82) is 0 Å². The molecular weight excluding hydrogens is 298 g/mol. The van der Waals surface area contributed by atoms with E-state index >= 15 is 0 Å². The predicted molar refractivity (Wildman–Crippen MR) is 85.0 cm³/mol. The highest BCUT2D eigenvalue weighted by Crippen LogP contribution is 2.35. The third-order valence-electron chi connectivity index (χ3n) is 3.72. The fourth-order valence-corrected chi connectivity index (χ4v) is 2.74. The maximum absolute atomic E-state index is 12.2. The summed E-state index contributed by atoms with van der Waals surface area (Å²) >= 11 is 0. The SMILES string of the molecule is CC(C)NC(=O)N[C@@H]1CC(=O)N(c2ccc3c(c2)OCCO3)C1. The lowest BCUT2D eigenvalue weighted by Gasteiger charge is -2.22. The van der Waals surface area contributed by atoms with Crippen molar-refractivity contribution in [2.75, 3.05) is 24.7 Å². The first-order valence-electron chi connectivity index (χ1n) is 7.80. The maximum atomic E-state index is 12.2. The highest BCUT2D eigenvalue weighted by atomic mass is 16.6. The van der Waals surface area contributed by atoms with Gasteiger partial charge < -0.3 is 25.0 Å². The standard InChI is InChI=1S/C16H21N3O4/c1-10(2)17-16(21)18-11-7-15(20)19(9-11)12-3-4-13-14(8-12)23-6-5-22-13/h3-4,8,10-11H,5-7,9H2,1-2H3,(H2,17,18,21)/t11-/m1/s1. The molecule has 1 aromatic rings. The molecule has 1 aromatic carbocycles. The van der Waals surface area contributed by atoms with Gasteiger partial charge in [-0.25, -0.2) is 4.79 Å². The number of carbonyl (C=O) groups excluding carboxylic acids is 2. The third kappa shape index (κ3) is 3.49. The minimum absolute atomic E-state index is 0.0171. The number of rotatable bonds is 3. The van der Waals surface area contributed by atoms with Gasteiger partial charge in [-0.05, 0) is 26.0 Å². The zero-order chi connectivity index (χ0) is 16.4. The fraction of sp³-hybridized carbons (Fsp3) is 0.500. The number of amides is 3. The summed E-state index contributed by atoms with van der Waals surface area (Å²) < 4.78 is 11.0. The summed E-state index contributed by atoms with van der Waals surface area (Å²) in [4.78, 5) is 25.7. The van der Waals surface area contributed by atoms with Crippen LogP contribution >= 0.6 is 0 Å². The molecule has 0 aliphatic carbocycles. The molecule has 0 radical (unpaired) electrons. The van der Waals surface area contributed by atoms with Crippen molar-refractivity contribution in [3.8, 4) is 11.5 Å². The maximum Gasteiger partial charge on any atom is 0.315 e. The minimum Gasteiger partial charge on any atom is -0.486 e. The molecule has 3 rings (SSSR count). The smallest absolute Gasteiger partial charge is 0.315 e. The van der Waals surface area contributed by atoms with Crippen LogP contribution in [0.1, 0.15) is 20.3 Å². The molecular formula is C16H21N3O4. The van der Waals surface area contributed by atoms with E-state index in [9.17, 15) is 9.59 Å². The van der Waals surface area contributed by atoms with E-state index < -0.39 is 0 Å². The largest absolute Gasteiger partial charge is 0.486 e. The number of nitrogens with one attached hydrogen (secondary N) is 2. The van der Waals surface area contributed by atoms with E-state index in [0.29, 0.717) is 37.7 Å². The summed E-state index contributed by atoms with van der Waals surface area (Å²) in [5, 5.41) is 5.60. The van der Waals surface area contributed by atoms with Crippen LogP contribution < -0.4 is 25.0 Å². The number of carbonyl (C=O) groups is 2. The first-order chi connectivity index (χ1) is 11.0. The Labute approximate surface area is 134 Å². The van der Waals surface area contributed by atoms with Gasteiger partial charge >= 0.3 is 6.03 Å². The highest BCUT2D eigenvalue weighted by Gasteiger charge is 2.32. The van der Waals surface area contributed by atoms with E-state index in [1.165, 1.54) is 0 Å². The summed E-state index contributed by atoms with van der Waals surface area (Å²) in [7, 11) is 0. The van der Waals surface area contributed by atoms with Crippen LogP contribution in [0.5, 0.6) is 11.5 Å². The molecule has 7 heteroatoms. The van der Waals surface area contributed by atoms with Gasteiger partial charge in [-0.1, -0.05) is 0 Å². The first-order valence-corrected chi connectivity index (χ1v) is 7.80. The van der Waals surface area contributed by atoms with Crippen LogP contribution in [0.4, 0.5) is 10.5 Å². The molecule has 2 heterocycles. The molecule has 1 atom stereocenters. The van der Waals surface area contributed by atoms with Gasteiger partial charge in [0.05, 0.1) is 6.04 Å². The van der Waals surface area contributed by atoms with Gasteiger partial charge in [0.2, 0.25) is 5.91 Å². The zero-order valence-corrected chi connectivity index (χ0v) is 13.3. The molecule has 0 spiro atoms. The molecule has 124 valence electrons. The first kappa shape index (κ1) is 15.5. The summed E-state index contributed by atoms with van der Waals surface area (Å²) in [5.41, 5.74) is 0.757. The van der Waals surface area contributed by atoms with E-state index in [4.69, 9.17) is 9.47 Å². The van der Waals surface area contributed by atoms with Gasteiger partial charge in [0, 0.05) is 30.8 Å². The molecule has 2 aliphatic heterocycles. The molecule has 23 heavy (non-hydrogen) atoms. The van der Waals surface area contributed by atoms with E-state index in [1.54, 1.807) is 4.90 Å². The number of benzene rings is 1. The van der Waals surface area contributed by atoms with Crippen LogP contribution in [0.2, 0.25) is 0 Å². The number of ether oxygens (including phenoxy) is 2. The molecule has 2 aliphatic rings. The predicted octanol–water partition coefficient (Wildman–Crippen LogP) is 1.27. The minimum atomic E-state index is -0.248. The summed E-state index contributed by atoms with van der Waals surface area (Å²) in [6.45, 7) is 5.27. The van der Waals surface area contributed by atoms with Gasteiger partial charge in [-0.15, -0.1) is 0 Å². The van der Waals surface area contributed by atoms with Crippen molar-refractivity contribution < 1.29 is 19.1 Å². The van der Waals surface area contributed by atoms with Gasteiger partial charge in [0.1, 0.15) is 13.2 Å². The summed E-state index contributed by atoms with van der Waals surface area (Å²) in [5.74, 6) is 1.32. The number of anilines is 1. The second kappa shape index (κ2) is 6.36. The Balaban J connectivity index is 1.67. The van der Waals surface area contributed by atoms with Gasteiger partial charge in [0.25, 0.3) is 0 Å². The normalized spacial score (nSPS) is 19.9. The van der Waals surface area contributed by atoms with Crippen LogP contribution in [0.15, 0.2) is 18.2 Å². The number of hydrogen-bond donors (Lipinski definition) is 2. The quantitative estimate of drug-likeness (QED) is 0.879. The number of urea groups is 1. The van der Waals surface area contributed by atoms with E-state index in [-0.39, 0.29) is 24.0 Å².